The zero-order valence-corrected chi connectivity index (χ0v) is 14.0. The van der Waals surface area contributed by atoms with Crippen molar-refractivity contribution in [3.05, 3.63) is 83.4 Å². The van der Waals surface area contributed by atoms with Gasteiger partial charge in [-0.3, -0.25) is 4.79 Å². The molecule has 0 bridgehead atoms. The van der Waals surface area contributed by atoms with Crippen molar-refractivity contribution < 1.29 is 22.4 Å². The minimum atomic E-state index is -4.50. The van der Waals surface area contributed by atoms with Gasteiger partial charge in [0.1, 0.15) is 5.82 Å². The molecule has 3 aromatic rings. The Labute approximate surface area is 152 Å². The Bertz CT molecular complexity index is 915. The number of rotatable bonds is 5. The van der Waals surface area contributed by atoms with Gasteiger partial charge in [-0.25, -0.2) is 9.07 Å². The van der Waals surface area contributed by atoms with E-state index in [0.717, 1.165) is 16.3 Å². The normalized spacial score (nSPS) is 11.4. The summed E-state index contributed by atoms with van der Waals surface area (Å²) in [5.41, 5.74) is 0.700. The molecular formula is C19H15F4N3O. The third-order valence-electron chi connectivity index (χ3n) is 3.89. The topological polar surface area (TPSA) is 46.9 Å². The van der Waals surface area contributed by atoms with Gasteiger partial charge in [-0.2, -0.15) is 18.3 Å². The average Bonchev–Trinajstić information content (AvgIpc) is 3.14. The lowest BCUT2D eigenvalue weighted by atomic mass is 10.1. The Balaban J connectivity index is 1.58. The summed E-state index contributed by atoms with van der Waals surface area (Å²) in [7, 11) is 0. The summed E-state index contributed by atoms with van der Waals surface area (Å²) in [6.07, 6.45) is -2.74. The van der Waals surface area contributed by atoms with E-state index in [2.05, 4.69) is 10.4 Å². The first-order chi connectivity index (χ1) is 12.8. The fourth-order valence-electron chi connectivity index (χ4n) is 2.46. The van der Waals surface area contributed by atoms with E-state index in [-0.39, 0.29) is 11.7 Å². The molecule has 3 rings (SSSR count). The minimum Gasteiger partial charge on any atom is -0.352 e. The monoisotopic (exact) mass is 377 g/mol. The van der Waals surface area contributed by atoms with Gasteiger partial charge in [0.25, 0.3) is 5.91 Å². The maximum Gasteiger partial charge on any atom is 0.435 e. The van der Waals surface area contributed by atoms with E-state index in [4.69, 9.17) is 0 Å². The Morgan fingerprint density at radius 1 is 1.00 bits per heavy atom. The quantitative estimate of drug-likeness (QED) is 0.683. The maximum absolute atomic E-state index is 12.8. The van der Waals surface area contributed by atoms with Crippen LogP contribution in [0.25, 0.3) is 5.69 Å². The first-order valence-electron chi connectivity index (χ1n) is 8.09. The average molecular weight is 377 g/mol. The van der Waals surface area contributed by atoms with Crippen LogP contribution in [0.1, 0.15) is 21.6 Å². The van der Waals surface area contributed by atoms with Crippen LogP contribution in [-0.2, 0) is 12.6 Å². The lowest BCUT2D eigenvalue weighted by molar-refractivity contribution is -0.141. The molecule has 1 amide bonds. The number of amides is 1. The van der Waals surface area contributed by atoms with Crippen molar-refractivity contribution in [1.82, 2.24) is 15.1 Å². The standard InChI is InChI=1S/C19H15F4N3O/c20-15-5-1-13(2-6-15)9-11-24-18(27)14-3-7-16(8-4-14)26-12-10-17(25-26)19(21,22)23/h1-8,10,12H,9,11H2,(H,24,27). The minimum absolute atomic E-state index is 0.305. The number of hydrogen-bond donors (Lipinski definition) is 1. The van der Waals surface area contributed by atoms with Crippen LogP contribution in [-0.4, -0.2) is 22.2 Å². The fraction of sp³-hybridized carbons (Fsp3) is 0.158. The van der Waals surface area contributed by atoms with Gasteiger partial charge in [0.05, 0.1) is 5.69 Å². The second-order valence-electron chi connectivity index (χ2n) is 5.82. The largest absolute Gasteiger partial charge is 0.435 e. The van der Waals surface area contributed by atoms with E-state index in [1.807, 2.05) is 0 Å². The van der Waals surface area contributed by atoms with Crippen LogP contribution in [0.2, 0.25) is 0 Å². The molecular weight excluding hydrogens is 362 g/mol. The molecule has 8 heteroatoms. The predicted octanol–water partition coefficient (Wildman–Crippen LogP) is 4.00. The van der Waals surface area contributed by atoms with E-state index in [1.165, 1.54) is 42.6 Å². The second-order valence-corrected chi connectivity index (χ2v) is 5.82. The van der Waals surface area contributed by atoms with Crippen molar-refractivity contribution in [2.24, 2.45) is 0 Å². The lowest BCUT2D eigenvalue weighted by Crippen LogP contribution is -2.25. The smallest absolute Gasteiger partial charge is 0.352 e. The molecule has 0 fully saturated rings. The van der Waals surface area contributed by atoms with Gasteiger partial charge in [-0.05, 0) is 54.4 Å². The SMILES string of the molecule is O=C(NCCc1ccc(F)cc1)c1ccc(-n2ccc(C(F)(F)F)n2)cc1. The third kappa shape index (κ3) is 4.72. The van der Waals surface area contributed by atoms with Crippen LogP contribution in [0.4, 0.5) is 17.6 Å². The molecule has 1 N–H and O–H groups in total. The van der Waals surface area contributed by atoms with Gasteiger partial charge >= 0.3 is 6.18 Å². The van der Waals surface area contributed by atoms with E-state index in [9.17, 15) is 22.4 Å². The van der Waals surface area contributed by atoms with E-state index in [0.29, 0.717) is 24.2 Å². The molecule has 0 radical (unpaired) electrons. The zero-order valence-electron chi connectivity index (χ0n) is 14.0. The second kappa shape index (κ2) is 7.61. The predicted molar refractivity (Wildman–Crippen MR) is 91.0 cm³/mol. The highest BCUT2D eigenvalue weighted by Gasteiger charge is 2.33. The van der Waals surface area contributed by atoms with Crippen molar-refractivity contribution in [2.45, 2.75) is 12.6 Å². The maximum atomic E-state index is 12.8. The van der Waals surface area contributed by atoms with Crippen LogP contribution in [0, 0.1) is 5.82 Å². The Morgan fingerprint density at radius 3 is 2.26 bits per heavy atom. The molecule has 0 aliphatic rings. The lowest BCUT2D eigenvalue weighted by Gasteiger charge is -2.07. The highest BCUT2D eigenvalue weighted by Crippen LogP contribution is 2.27. The van der Waals surface area contributed by atoms with Gasteiger partial charge in [-0.15, -0.1) is 0 Å². The number of carbonyl (C=O) groups excluding carboxylic acids is 1. The van der Waals surface area contributed by atoms with Crippen LogP contribution >= 0.6 is 0 Å². The van der Waals surface area contributed by atoms with Crippen molar-refractivity contribution in [3.63, 3.8) is 0 Å². The first-order valence-corrected chi connectivity index (χ1v) is 8.09. The molecule has 0 unspecified atom stereocenters. The number of hydrogen-bond acceptors (Lipinski definition) is 2. The zero-order chi connectivity index (χ0) is 19.4. The number of alkyl halides is 3. The molecule has 0 saturated carbocycles. The molecule has 0 aliphatic carbocycles. The molecule has 27 heavy (non-hydrogen) atoms. The van der Waals surface area contributed by atoms with Crippen molar-refractivity contribution in [1.29, 1.82) is 0 Å². The Morgan fingerprint density at radius 2 is 1.67 bits per heavy atom. The van der Waals surface area contributed by atoms with Crippen LogP contribution < -0.4 is 5.32 Å². The van der Waals surface area contributed by atoms with Crippen LogP contribution in [0.3, 0.4) is 0 Å². The molecule has 0 spiro atoms. The van der Waals surface area contributed by atoms with E-state index < -0.39 is 11.9 Å². The van der Waals surface area contributed by atoms with Gasteiger partial charge in [0.15, 0.2) is 5.69 Å². The summed E-state index contributed by atoms with van der Waals surface area (Å²) in [6, 6.07) is 12.9. The molecule has 0 aliphatic heterocycles. The first kappa shape index (κ1) is 18.6. The summed E-state index contributed by atoms with van der Waals surface area (Å²) in [4.78, 5) is 12.1. The van der Waals surface area contributed by atoms with Crippen molar-refractivity contribution in [2.75, 3.05) is 6.54 Å². The van der Waals surface area contributed by atoms with Gasteiger partial charge in [0, 0.05) is 18.3 Å². The highest BCUT2D eigenvalue weighted by molar-refractivity contribution is 5.94. The van der Waals surface area contributed by atoms with E-state index >= 15 is 0 Å². The number of carbonyl (C=O) groups is 1. The summed E-state index contributed by atoms with van der Waals surface area (Å²) in [6.45, 7) is 0.375. The highest BCUT2D eigenvalue weighted by atomic mass is 19.4. The number of benzene rings is 2. The molecule has 0 saturated heterocycles. The Kier molecular flexibility index (Phi) is 5.25. The summed E-state index contributed by atoms with van der Waals surface area (Å²) in [5.74, 6) is -0.623. The number of halogens is 4. The van der Waals surface area contributed by atoms with E-state index in [1.54, 1.807) is 12.1 Å². The molecule has 0 atom stereocenters. The molecule has 1 heterocycles. The summed E-state index contributed by atoms with van der Waals surface area (Å²) >= 11 is 0. The van der Waals surface area contributed by atoms with Gasteiger partial charge in [0.2, 0.25) is 0 Å². The fourth-order valence-corrected chi connectivity index (χ4v) is 2.46. The molecule has 2 aromatic carbocycles. The molecule has 4 nitrogen and oxygen atoms in total. The third-order valence-corrected chi connectivity index (χ3v) is 3.89. The van der Waals surface area contributed by atoms with Crippen LogP contribution in [0.5, 0.6) is 0 Å². The molecule has 140 valence electrons. The van der Waals surface area contributed by atoms with Gasteiger partial charge in [-0.1, -0.05) is 12.1 Å². The van der Waals surface area contributed by atoms with Crippen molar-refractivity contribution in [3.8, 4) is 5.69 Å². The molecule has 1 aromatic heterocycles. The van der Waals surface area contributed by atoms with Gasteiger partial charge < -0.3 is 5.32 Å². The van der Waals surface area contributed by atoms with Crippen LogP contribution in [0.15, 0.2) is 60.8 Å². The number of nitrogens with zero attached hydrogens (tertiary/aromatic N) is 2. The summed E-state index contributed by atoms with van der Waals surface area (Å²) in [5, 5.41) is 6.22. The number of nitrogens with one attached hydrogen (secondary N) is 1. The summed E-state index contributed by atoms with van der Waals surface area (Å²) < 4.78 is 51.7. The van der Waals surface area contributed by atoms with Crippen molar-refractivity contribution >= 4 is 5.91 Å². The number of aromatic nitrogens is 2. The Hall–Kier alpha value is -3.16.